The number of benzene rings is 2. The number of aromatic amines is 1. The van der Waals surface area contributed by atoms with E-state index in [2.05, 4.69) is 38.4 Å². The van der Waals surface area contributed by atoms with E-state index < -0.39 is 5.82 Å². The van der Waals surface area contributed by atoms with Gasteiger partial charge in [0.25, 0.3) is 0 Å². The first-order valence-electron chi connectivity index (χ1n) is 10.3. The molecule has 9 heteroatoms. The summed E-state index contributed by atoms with van der Waals surface area (Å²) in [5.74, 6) is 6.33. The highest BCUT2D eigenvalue weighted by Crippen LogP contribution is 2.39. The Kier molecular flexibility index (Phi) is 5.37. The molecule has 0 atom stereocenters. The molecule has 0 amide bonds. The van der Waals surface area contributed by atoms with Gasteiger partial charge in [0.15, 0.2) is 11.6 Å². The van der Waals surface area contributed by atoms with Gasteiger partial charge in [-0.15, -0.1) is 0 Å². The third-order valence-electron chi connectivity index (χ3n) is 5.50. The first kappa shape index (κ1) is 20.9. The van der Waals surface area contributed by atoms with Crippen molar-refractivity contribution >= 4 is 28.5 Å². The Balaban J connectivity index is 1.40. The molecular weight excluding hydrogens is 443 g/mol. The zero-order valence-corrected chi connectivity index (χ0v) is 18.4. The molecule has 2 N–H and O–H groups in total. The molecule has 33 heavy (non-hydrogen) atoms. The quantitative estimate of drug-likeness (QED) is 0.418. The highest BCUT2D eigenvalue weighted by atomic mass is 35.5. The second kappa shape index (κ2) is 8.50. The van der Waals surface area contributed by atoms with Gasteiger partial charge in [0.1, 0.15) is 28.6 Å². The lowest BCUT2D eigenvalue weighted by molar-refractivity contribution is 0.414. The van der Waals surface area contributed by atoms with Gasteiger partial charge >= 0.3 is 0 Å². The number of hydrogen-bond donors (Lipinski definition) is 2. The van der Waals surface area contributed by atoms with Gasteiger partial charge in [-0.25, -0.2) is 9.37 Å². The van der Waals surface area contributed by atoms with E-state index in [1.54, 1.807) is 19.5 Å². The van der Waals surface area contributed by atoms with Crippen molar-refractivity contribution in [1.82, 2.24) is 19.7 Å². The molecule has 2 heterocycles. The number of H-pyrrole nitrogens is 1. The number of nitrogens with one attached hydrogen (secondary N) is 2. The van der Waals surface area contributed by atoms with Crippen molar-refractivity contribution in [3.05, 3.63) is 69.9 Å². The number of anilines is 1. The van der Waals surface area contributed by atoms with Gasteiger partial charge in [0, 0.05) is 18.2 Å². The molecule has 0 radical (unpaired) electrons. The average Bonchev–Trinajstić information content (AvgIpc) is 3.47. The Labute approximate surface area is 194 Å². The van der Waals surface area contributed by atoms with Crippen LogP contribution in [0.5, 0.6) is 5.75 Å². The van der Waals surface area contributed by atoms with Gasteiger partial charge in [0.05, 0.1) is 24.0 Å². The number of nitrogens with zero attached hydrogens (tertiary/aromatic N) is 4. The molecule has 2 aromatic carbocycles. The van der Waals surface area contributed by atoms with Gasteiger partial charge in [-0.3, -0.25) is 5.10 Å². The predicted octanol–water partition coefficient (Wildman–Crippen LogP) is 4.78. The largest absolute Gasteiger partial charge is 0.497 e. The van der Waals surface area contributed by atoms with Gasteiger partial charge in [-0.1, -0.05) is 29.7 Å². The van der Waals surface area contributed by atoms with Crippen LogP contribution in [0.1, 0.15) is 41.3 Å². The molecule has 0 unspecified atom stereocenters. The smallest absolute Gasteiger partial charge is 0.168 e. The predicted molar refractivity (Wildman–Crippen MR) is 123 cm³/mol. The molecule has 1 fully saturated rings. The van der Waals surface area contributed by atoms with E-state index in [1.807, 2.05) is 28.8 Å². The zero-order valence-electron chi connectivity index (χ0n) is 17.6. The number of imidazole rings is 1. The van der Waals surface area contributed by atoms with Crippen molar-refractivity contribution in [2.45, 2.75) is 25.4 Å². The molecule has 7 nitrogen and oxygen atoms in total. The van der Waals surface area contributed by atoms with Crippen molar-refractivity contribution in [1.29, 1.82) is 5.26 Å². The van der Waals surface area contributed by atoms with Crippen LogP contribution >= 0.6 is 11.6 Å². The van der Waals surface area contributed by atoms with Gasteiger partial charge < -0.3 is 14.6 Å². The van der Waals surface area contributed by atoms with Gasteiger partial charge in [-0.2, -0.15) is 10.4 Å². The molecule has 0 saturated heterocycles. The summed E-state index contributed by atoms with van der Waals surface area (Å²) in [5, 5.41) is 19.6. The van der Waals surface area contributed by atoms with Crippen molar-refractivity contribution in [2.75, 3.05) is 12.4 Å². The summed E-state index contributed by atoms with van der Waals surface area (Å²) in [6, 6.07) is 11.6. The summed E-state index contributed by atoms with van der Waals surface area (Å²) in [4.78, 5) is 4.31. The number of fused-ring (bicyclic) bond motifs is 1. The Hall–Kier alpha value is -4.01. The topological polar surface area (TPSA) is 91.5 Å². The maximum Gasteiger partial charge on any atom is 0.168 e. The highest BCUT2D eigenvalue weighted by molar-refractivity contribution is 6.32. The molecular formula is C24H18ClFN6O. The third-order valence-corrected chi connectivity index (χ3v) is 5.87. The van der Waals surface area contributed by atoms with Crippen LogP contribution in [-0.2, 0) is 6.54 Å². The second-order valence-corrected chi connectivity index (χ2v) is 8.07. The molecule has 0 bridgehead atoms. The minimum Gasteiger partial charge on any atom is -0.497 e. The Bertz CT molecular complexity index is 1450. The molecule has 2 aromatic heterocycles. The van der Waals surface area contributed by atoms with Crippen LogP contribution in [0.15, 0.2) is 36.7 Å². The van der Waals surface area contributed by atoms with E-state index >= 15 is 0 Å². The number of hydrogen-bond acceptors (Lipinski definition) is 5. The summed E-state index contributed by atoms with van der Waals surface area (Å²) in [6.07, 6.45) is 3.66. The van der Waals surface area contributed by atoms with E-state index in [9.17, 15) is 9.65 Å². The van der Waals surface area contributed by atoms with Gasteiger partial charge in [-0.05, 0) is 42.5 Å². The average molecular weight is 461 g/mol. The molecule has 1 saturated carbocycles. The fraction of sp³-hybridized carbons (Fsp3) is 0.208. The third kappa shape index (κ3) is 3.97. The summed E-state index contributed by atoms with van der Waals surface area (Å²) in [7, 11) is 1.61. The zero-order chi connectivity index (χ0) is 22.9. The number of methoxy groups -OCH3 is 1. The summed E-state index contributed by atoms with van der Waals surface area (Å²) in [5.41, 5.74) is 2.78. The first-order chi connectivity index (χ1) is 16.1. The van der Waals surface area contributed by atoms with Crippen molar-refractivity contribution in [3.63, 3.8) is 0 Å². The summed E-state index contributed by atoms with van der Waals surface area (Å²) in [6.45, 7) is 0.466. The fourth-order valence-corrected chi connectivity index (χ4v) is 3.77. The molecule has 164 valence electrons. The minimum atomic E-state index is -0.533. The standard InChI is InChI=1S/C24H18ClFN6O/c1-33-17-7-2-14(3-8-17)12-28-24-18(11-27)19(30-31-24)9-4-15-10-20-23(22(26)21(15)25)32(13-29-20)16-5-6-16/h2-3,7-8,10,13,16H,5-6,12H2,1H3,(H2,28,30,31). The van der Waals surface area contributed by atoms with E-state index in [4.69, 9.17) is 16.3 Å². The summed E-state index contributed by atoms with van der Waals surface area (Å²) < 4.78 is 22.0. The van der Waals surface area contributed by atoms with Crippen LogP contribution in [0.2, 0.25) is 5.02 Å². The van der Waals surface area contributed by atoms with E-state index in [0.717, 1.165) is 24.2 Å². The van der Waals surface area contributed by atoms with Crippen LogP contribution in [0.25, 0.3) is 11.0 Å². The van der Waals surface area contributed by atoms with E-state index in [1.165, 1.54) is 0 Å². The SMILES string of the molecule is COc1ccc(CNc2n[nH]c(C#Cc3cc4ncn(C5CC5)c4c(F)c3Cl)c2C#N)cc1. The van der Waals surface area contributed by atoms with E-state index in [0.29, 0.717) is 34.7 Å². The van der Waals surface area contributed by atoms with Crippen LogP contribution in [0.3, 0.4) is 0 Å². The molecule has 1 aliphatic carbocycles. The van der Waals surface area contributed by atoms with Crippen molar-refractivity contribution in [2.24, 2.45) is 0 Å². The highest BCUT2D eigenvalue weighted by Gasteiger charge is 2.27. The Morgan fingerprint density at radius 1 is 1.30 bits per heavy atom. The molecule has 0 aliphatic heterocycles. The fourth-order valence-electron chi connectivity index (χ4n) is 3.58. The van der Waals surface area contributed by atoms with Crippen LogP contribution < -0.4 is 10.1 Å². The Morgan fingerprint density at radius 2 is 2.09 bits per heavy atom. The molecule has 4 aromatic rings. The minimum absolute atomic E-state index is 0.0618. The first-order valence-corrected chi connectivity index (χ1v) is 10.7. The maximum absolute atomic E-state index is 15.0. The van der Waals surface area contributed by atoms with E-state index in [-0.39, 0.29) is 16.6 Å². The second-order valence-electron chi connectivity index (χ2n) is 7.69. The monoisotopic (exact) mass is 460 g/mol. The van der Waals surface area contributed by atoms with Crippen molar-refractivity contribution < 1.29 is 9.13 Å². The number of halogens is 2. The van der Waals surface area contributed by atoms with Crippen molar-refractivity contribution in [3.8, 4) is 23.7 Å². The molecule has 1 aliphatic rings. The molecule has 5 rings (SSSR count). The number of aromatic nitrogens is 4. The normalized spacial score (nSPS) is 12.8. The maximum atomic E-state index is 15.0. The lowest BCUT2D eigenvalue weighted by Crippen LogP contribution is -2.01. The molecule has 0 spiro atoms. The van der Waals surface area contributed by atoms with Crippen LogP contribution in [0, 0.1) is 29.0 Å². The van der Waals surface area contributed by atoms with Gasteiger partial charge in [0.2, 0.25) is 0 Å². The number of rotatable bonds is 5. The lowest BCUT2D eigenvalue weighted by atomic mass is 10.1. The number of ether oxygens (including phenoxy) is 1. The summed E-state index contributed by atoms with van der Waals surface area (Å²) >= 11 is 6.28. The lowest BCUT2D eigenvalue weighted by Gasteiger charge is -2.05. The van der Waals surface area contributed by atoms with Crippen LogP contribution in [0.4, 0.5) is 10.2 Å². The van der Waals surface area contributed by atoms with Crippen LogP contribution in [-0.4, -0.2) is 26.9 Å². The number of nitriles is 1. The Morgan fingerprint density at radius 3 is 2.79 bits per heavy atom.